The highest BCUT2D eigenvalue weighted by Gasteiger charge is 2.11. The van der Waals surface area contributed by atoms with E-state index in [1.165, 1.54) is 5.56 Å². The highest BCUT2D eigenvalue weighted by Crippen LogP contribution is 2.23. The molecule has 0 saturated heterocycles. The minimum atomic E-state index is 0.579. The van der Waals surface area contributed by atoms with Crippen molar-refractivity contribution in [3.8, 4) is 5.75 Å². The Bertz CT molecular complexity index is 871. The first kappa shape index (κ1) is 17.0. The molecule has 0 fully saturated rings. The lowest BCUT2D eigenvalue weighted by molar-refractivity contribution is 0.322. The number of nitrogens with zero attached hydrogens (tertiary/aromatic N) is 3. The molecule has 0 aliphatic rings. The minimum Gasteiger partial charge on any atom is -0.491 e. The van der Waals surface area contributed by atoms with Crippen molar-refractivity contribution in [3.05, 3.63) is 72.6 Å². The number of aryl methyl sites for hydroxylation is 2. The zero-order valence-electron chi connectivity index (χ0n) is 14.8. The van der Waals surface area contributed by atoms with Gasteiger partial charge in [0.25, 0.3) is 0 Å². The normalized spacial score (nSPS) is 10.6. The summed E-state index contributed by atoms with van der Waals surface area (Å²) >= 11 is 0. The maximum Gasteiger partial charge on any atom is 0.140 e. The number of aromatic nitrogens is 2. The lowest BCUT2D eigenvalue weighted by Gasteiger charge is -2.23. The van der Waals surface area contributed by atoms with E-state index < -0.39 is 0 Å². The van der Waals surface area contributed by atoms with Gasteiger partial charge in [0, 0.05) is 11.9 Å². The lowest BCUT2D eigenvalue weighted by atomic mass is 10.1. The Kier molecular flexibility index (Phi) is 5.29. The number of hydrogen-bond donors (Lipinski definition) is 0. The summed E-state index contributed by atoms with van der Waals surface area (Å²) in [5, 5.41) is 1.04. The molecule has 0 aliphatic heterocycles. The summed E-state index contributed by atoms with van der Waals surface area (Å²) in [6.45, 7) is 10.0. The van der Waals surface area contributed by atoms with Crippen LogP contribution in [0, 0.1) is 13.8 Å². The highest BCUT2D eigenvalue weighted by atomic mass is 16.5. The van der Waals surface area contributed by atoms with E-state index in [0.29, 0.717) is 13.2 Å². The Labute approximate surface area is 148 Å². The van der Waals surface area contributed by atoms with Crippen molar-refractivity contribution in [2.75, 3.05) is 24.6 Å². The van der Waals surface area contributed by atoms with Gasteiger partial charge in [0.2, 0.25) is 0 Å². The molecule has 0 N–H and O–H groups in total. The maximum absolute atomic E-state index is 5.98. The predicted octanol–water partition coefficient (Wildman–Crippen LogP) is 4.32. The van der Waals surface area contributed by atoms with Crippen LogP contribution in [-0.4, -0.2) is 29.7 Å². The van der Waals surface area contributed by atoms with Gasteiger partial charge in [-0.1, -0.05) is 35.9 Å². The molecule has 0 unspecified atom stereocenters. The van der Waals surface area contributed by atoms with Crippen LogP contribution in [0.25, 0.3) is 10.9 Å². The summed E-state index contributed by atoms with van der Waals surface area (Å²) in [4.78, 5) is 11.0. The standard InChI is InChI=1S/C21H23N3O/c1-4-11-24(12-13-25-20-10-9-16(2)14-17(20)3)21-18-7-5-6-8-19(18)22-15-23-21/h4-10,14-15H,1,11-13H2,2-3H3. The number of fused-ring (bicyclic) bond motifs is 1. The van der Waals surface area contributed by atoms with Gasteiger partial charge in [-0.15, -0.1) is 6.58 Å². The monoisotopic (exact) mass is 333 g/mol. The number of anilines is 1. The Hall–Kier alpha value is -2.88. The van der Waals surface area contributed by atoms with Gasteiger partial charge < -0.3 is 9.64 Å². The molecule has 3 rings (SSSR count). The first-order chi connectivity index (χ1) is 12.2. The minimum absolute atomic E-state index is 0.579. The molecule has 0 spiro atoms. The Balaban J connectivity index is 1.76. The second kappa shape index (κ2) is 7.79. The Morgan fingerprint density at radius 1 is 1.12 bits per heavy atom. The molecule has 0 saturated carbocycles. The predicted molar refractivity (Wildman–Crippen MR) is 103 cm³/mol. The summed E-state index contributed by atoms with van der Waals surface area (Å²) in [7, 11) is 0. The van der Waals surface area contributed by atoms with Crippen LogP contribution in [0.15, 0.2) is 61.4 Å². The summed E-state index contributed by atoms with van der Waals surface area (Å²) in [5.74, 6) is 1.84. The average Bonchev–Trinajstić information content (AvgIpc) is 2.62. The number of rotatable bonds is 7. The number of para-hydroxylation sites is 1. The van der Waals surface area contributed by atoms with Gasteiger partial charge in [0.05, 0.1) is 12.1 Å². The van der Waals surface area contributed by atoms with Gasteiger partial charge in [-0.25, -0.2) is 9.97 Å². The summed E-state index contributed by atoms with van der Waals surface area (Å²) in [5.41, 5.74) is 3.34. The molecule has 0 aliphatic carbocycles. The van der Waals surface area contributed by atoms with E-state index in [0.717, 1.165) is 34.6 Å². The molecule has 0 bridgehead atoms. The van der Waals surface area contributed by atoms with Crippen LogP contribution in [0.5, 0.6) is 5.75 Å². The first-order valence-electron chi connectivity index (χ1n) is 8.44. The average molecular weight is 333 g/mol. The van der Waals surface area contributed by atoms with E-state index in [9.17, 15) is 0 Å². The molecule has 1 heterocycles. The molecule has 0 radical (unpaired) electrons. The fraction of sp³-hybridized carbons (Fsp3) is 0.238. The van der Waals surface area contributed by atoms with E-state index in [4.69, 9.17) is 4.74 Å². The van der Waals surface area contributed by atoms with Gasteiger partial charge in [-0.05, 0) is 37.6 Å². The SMILES string of the molecule is C=CCN(CCOc1ccc(C)cc1C)c1ncnc2ccccc12. The van der Waals surface area contributed by atoms with Crippen LogP contribution in [0.4, 0.5) is 5.82 Å². The fourth-order valence-corrected chi connectivity index (χ4v) is 2.91. The van der Waals surface area contributed by atoms with Crippen molar-refractivity contribution in [3.63, 3.8) is 0 Å². The van der Waals surface area contributed by atoms with E-state index in [-0.39, 0.29) is 0 Å². The zero-order valence-corrected chi connectivity index (χ0v) is 14.8. The number of hydrogen-bond acceptors (Lipinski definition) is 4. The second-order valence-electron chi connectivity index (χ2n) is 6.07. The molecule has 0 amide bonds. The van der Waals surface area contributed by atoms with Crippen LogP contribution in [-0.2, 0) is 0 Å². The van der Waals surface area contributed by atoms with Crippen LogP contribution in [0.3, 0.4) is 0 Å². The van der Waals surface area contributed by atoms with Crippen molar-refractivity contribution in [2.45, 2.75) is 13.8 Å². The third-order valence-electron chi connectivity index (χ3n) is 4.12. The molecular weight excluding hydrogens is 310 g/mol. The quantitative estimate of drug-likeness (QED) is 0.604. The zero-order chi connectivity index (χ0) is 17.6. The van der Waals surface area contributed by atoms with Crippen molar-refractivity contribution in [1.82, 2.24) is 9.97 Å². The lowest BCUT2D eigenvalue weighted by Crippen LogP contribution is -2.29. The number of ether oxygens (including phenoxy) is 1. The largest absolute Gasteiger partial charge is 0.491 e. The van der Waals surface area contributed by atoms with Crippen LogP contribution in [0.2, 0.25) is 0 Å². The van der Waals surface area contributed by atoms with Gasteiger partial charge >= 0.3 is 0 Å². The summed E-state index contributed by atoms with van der Waals surface area (Å²) in [6, 6.07) is 14.3. The second-order valence-corrected chi connectivity index (χ2v) is 6.07. The molecule has 128 valence electrons. The Morgan fingerprint density at radius 2 is 1.96 bits per heavy atom. The smallest absolute Gasteiger partial charge is 0.140 e. The molecule has 1 aromatic heterocycles. The van der Waals surface area contributed by atoms with E-state index in [1.807, 2.05) is 36.4 Å². The number of benzene rings is 2. The summed E-state index contributed by atoms with van der Waals surface area (Å²) < 4.78 is 5.98. The van der Waals surface area contributed by atoms with Crippen molar-refractivity contribution < 1.29 is 4.74 Å². The highest BCUT2D eigenvalue weighted by molar-refractivity contribution is 5.89. The van der Waals surface area contributed by atoms with Crippen LogP contribution in [0.1, 0.15) is 11.1 Å². The van der Waals surface area contributed by atoms with E-state index >= 15 is 0 Å². The molecule has 4 heteroatoms. The third-order valence-corrected chi connectivity index (χ3v) is 4.12. The molecule has 4 nitrogen and oxygen atoms in total. The van der Waals surface area contributed by atoms with E-state index in [2.05, 4.69) is 47.4 Å². The van der Waals surface area contributed by atoms with Crippen molar-refractivity contribution >= 4 is 16.7 Å². The topological polar surface area (TPSA) is 38.2 Å². The molecule has 3 aromatic rings. The first-order valence-corrected chi connectivity index (χ1v) is 8.44. The van der Waals surface area contributed by atoms with E-state index in [1.54, 1.807) is 6.33 Å². The fourth-order valence-electron chi connectivity index (χ4n) is 2.91. The van der Waals surface area contributed by atoms with Crippen molar-refractivity contribution in [2.24, 2.45) is 0 Å². The summed E-state index contributed by atoms with van der Waals surface area (Å²) in [6.07, 6.45) is 3.49. The van der Waals surface area contributed by atoms with Gasteiger partial charge in [-0.2, -0.15) is 0 Å². The Morgan fingerprint density at radius 3 is 2.76 bits per heavy atom. The van der Waals surface area contributed by atoms with Gasteiger partial charge in [0.1, 0.15) is 24.5 Å². The molecule has 25 heavy (non-hydrogen) atoms. The molecular formula is C21H23N3O. The molecule has 2 aromatic carbocycles. The van der Waals surface area contributed by atoms with Gasteiger partial charge in [0.15, 0.2) is 0 Å². The maximum atomic E-state index is 5.98. The third kappa shape index (κ3) is 3.97. The van der Waals surface area contributed by atoms with Gasteiger partial charge in [-0.3, -0.25) is 0 Å². The van der Waals surface area contributed by atoms with Crippen LogP contribution >= 0.6 is 0 Å². The molecule has 0 atom stereocenters. The van der Waals surface area contributed by atoms with Crippen LogP contribution < -0.4 is 9.64 Å². The van der Waals surface area contributed by atoms with Crippen molar-refractivity contribution in [1.29, 1.82) is 0 Å².